The maximum Gasteiger partial charge on any atom is 0.494 e. The van der Waals surface area contributed by atoms with E-state index in [1.807, 2.05) is 58.0 Å². The number of nitrogens with zero attached hydrogens (tertiary/aromatic N) is 4. The summed E-state index contributed by atoms with van der Waals surface area (Å²) in [5.41, 5.74) is 3.07. The van der Waals surface area contributed by atoms with Crippen LogP contribution in [-0.2, 0) is 9.31 Å². The van der Waals surface area contributed by atoms with Crippen molar-refractivity contribution in [2.75, 3.05) is 36.0 Å². The summed E-state index contributed by atoms with van der Waals surface area (Å²) in [6, 6.07) is 15.8. The number of anilines is 2. The van der Waals surface area contributed by atoms with Crippen LogP contribution in [0.5, 0.6) is 0 Å². The molecule has 10 heteroatoms. The van der Waals surface area contributed by atoms with Gasteiger partial charge in [-0.3, -0.25) is 0 Å². The highest BCUT2D eigenvalue weighted by atomic mass is 79.9. The second kappa shape index (κ2) is 11.3. The van der Waals surface area contributed by atoms with E-state index in [9.17, 15) is 15.5 Å². The molecule has 3 heterocycles. The van der Waals surface area contributed by atoms with Gasteiger partial charge in [0.15, 0.2) is 0 Å². The van der Waals surface area contributed by atoms with Gasteiger partial charge in [-0.25, -0.2) is 0 Å². The highest BCUT2D eigenvalue weighted by molar-refractivity contribution is 9.10. The molecule has 200 valence electrons. The van der Waals surface area contributed by atoms with Crippen molar-refractivity contribution < 1.29 is 19.5 Å². The van der Waals surface area contributed by atoms with E-state index in [0.717, 1.165) is 47.2 Å². The molecule has 0 bridgehead atoms. The Bertz CT molecular complexity index is 1240. The highest BCUT2D eigenvalue weighted by Crippen LogP contribution is 2.37. The number of halogens is 1. The number of aliphatic hydroxyl groups is 2. The lowest BCUT2D eigenvalue weighted by Crippen LogP contribution is -2.41. The van der Waals surface area contributed by atoms with Crippen LogP contribution in [0.2, 0.25) is 0 Å². The Morgan fingerprint density at radius 2 is 1.32 bits per heavy atom. The van der Waals surface area contributed by atoms with E-state index < -0.39 is 18.3 Å². The molecule has 3 saturated heterocycles. The van der Waals surface area contributed by atoms with Gasteiger partial charge in [-0.15, -0.1) is 0 Å². The molecule has 8 nitrogen and oxygen atoms in total. The molecule has 0 aliphatic carbocycles. The summed E-state index contributed by atoms with van der Waals surface area (Å²) in [5, 5.41) is 37.7. The maximum absolute atomic E-state index is 9.70. The zero-order chi connectivity index (χ0) is 27.7. The lowest BCUT2D eigenvalue weighted by molar-refractivity contribution is 0.00578. The van der Waals surface area contributed by atoms with Gasteiger partial charge in [-0.2, -0.15) is 10.5 Å². The predicted molar refractivity (Wildman–Crippen MR) is 151 cm³/mol. The number of hydrogen-bond acceptors (Lipinski definition) is 8. The Hall–Kier alpha value is -2.60. The Morgan fingerprint density at radius 1 is 0.842 bits per heavy atom. The van der Waals surface area contributed by atoms with Gasteiger partial charge < -0.3 is 29.3 Å². The van der Waals surface area contributed by atoms with Gasteiger partial charge in [-0.1, -0.05) is 22.0 Å². The minimum atomic E-state index is -0.467. The van der Waals surface area contributed by atoms with Crippen molar-refractivity contribution in [1.82, 2.24) is 0 Å². The van der Waals surface area contributed by atoms with Gasteiger partial charge in [0.2, 0.25) is 0 Å². The van der Waals surface area contributed by atoms with Gasteiger partial charge in [0.25, 0.3) is 0 Å². The molecule has 2 N–H and O–H groups in total. The molecular weight excluding hydrogens is 547 g/mol. The van der Waals surface area contributed by atoms with Gasteiger partial charge in [-0.05, 0) is 76.3 Å². The first-order chi connectivity index (χ1) is 17.9. The zero-order valence-corrected chi connectivity index (χ0v) is 23.9. The van der Waals surface area contributed by atoms with E-state index >= 15 is 0 Å². The summed E-state index contributed by atoms with van der Waals surface area (Å²) >= 11 is 3.34. The van der Waals surface area contributed by atoms with E-state index in [4.69, 9.17) is 14.6 Å². The topological polar surface area (TPSA) is 113 Å². The quantitative estimate of drug-likeness (QED) is 0.532. The lowest BCUT2D eigenvalue weighted by atomic mass is 9.78. The van der Waals surface area contributed by atoms with Gasteiger partial charge in [0.05, 0.1) is 45.9 Å². The molecule has 3 aliphatic heterocycles. The Balaban J connectivity index is 0.000000194. The van der Waals surface area contributed by atoms with Gasteiger partial charge >= 0.3 is 7.12 Å². The van der Waals surface area contributed by atoms with Gasteiger partial charge in [0, 0.05) is 30.7 Å². The summed E-state index contributed by atoms with van der Waals surface area (Å²) in [6.07, 6.45) is 0.939. The van der Waals surface area contributed by atoms with Crippen LogP contribution in [0.4, 0.5) is 11.4 Å². The summed E-state index contributed by atoms with van der Waals surface area (Å²) in [6.45, 7) is 10.8. The number of nitriles is 2. The van der Waals surface area contributed by atoms with Crippen molar-refractivity contribution >= 4 is 39.9 Å². The minimum absolute atomic E-state index is 0.264. The summed E-state index contributed by atoms with van der Waals surface area (Å²) in [4.78, 5) is 4.10. The summed E-state index contributed by atoms with van der Waals surface area (Å²) in [5.74, 6) is 0. The summed E-state index contributed by atoms with van der Waals surface area (Å²) in [7, 11) is -0.467. The van der Waals surface area contributed by atoms with E-state index in [1.165, 1.54) is 0 Å². The predicted octanol–water partition coefficient (Wildman–Crippen LogP) is 3.32. The van der Waals surface area contributed by atoms with Crippen LogP contribution in [0.15, 0.2) is 40.9 Å². The molecule has 2 aromatic rings. The number of hydrogen-bond donors (Lipinski definition) is 2. The normalized spacial score (nSPS) is 23.6. The van der Waals surface area contributed by atoms with Crippen molar-refractivity contribution in [3.63, 3.8) is 0 Å². The standard InChI is InChI=1S/C17H23BN2O3.C11H11BrN2O/c1-16(2)17(3,4)23-18(22-16)13-5-6-15(12(9-13)10-19)20-8-7-14(21)11-20;12-9-1-2-11(8(5-9)6-13)14-4-3-10(15)7-14/h5-6,9,14,21H,7-8,11H2,1-4H3;1-2,5,10,15H,3-4,7H2. The van der Waals surface area contributed by atoms with E-state index in [1.54, 1.807) is 6.07 Å². The fourth-order valence-electron chi connectivity index (χ4n) is 4.84. The molecular formula is C28H34BBrN4O4. The highest BCUT2D eigenvalue weighted by Gasteiger charge is 2.51. The van der Waals surface area contributed by atoms with Crippen LogP contribution >= 0.6 is 15.9 Å². The third-order valence-corrected chi connectivity index (χ3v) is 8.25. The molecule has 3 aliphatic rings. The van der Waals surface area contributed by atoms with Crippen LogP contribution in [-0.4, -0.2) is 66.9 Å². The van der Waals surface area contributed by atoms with E-state index in [-0.39, 0.29) is 12.2 Å². The zero-order valence-electron chi connectivity index (χ0n) is 22.3. The van der Waals surface area contributed by atoms with Crippen LogP contribution in [0.25, 0.3) is 0 Å². The number of β-amino-alcohol motifs (C(OH)–C–C–N with tert-alkyl or cyclic N) is 2. The van der Waals surface area contributed by atoms with Crippen LogP contribution in [0, 0.1) is 22.7 Å². The lowest BCUT2D eigenvalue weighted by Gasteiger charge is -2.32. The monoisotopic (exact) mass is 580 g/mol. The van der Waals surface area contributed by atoms with Crippen LogP contribution < -0.4 is 15.3 Å². The van der Waals surface area contributed by atoms with Crippen molar-refractivity contribution in [3.8, 4) is 12.1 Å². The average Bonchev–Trinajstić information content (AvgIpc) is 3.56. The van der Waals surface area contributed by atoms with E-state index in [2.05, 4.69) is 37.9 Å². The largest absolute Gasteiger partial charge is 0.494 e. The molecule has 0 amide bonds. The second-order valence-corrected chi connectivity index (χ2v) is 11.9. The molecule has 38 heavy (non-hydrogen) atoms. The SMILES string of the molecule is CC1(C)OB(c2ccc(N3CCC(O)C3)c(C#N)c2)OC1(C)C.N#Cc1cc(Br)ccc1N1CCC(O)C1. The Labute approximate surface area is 233 Å². The molecule has 0 radical (unpaired) electrons. The molecule has 2 aromatic carbocycles. The number of rotatable bonds is 3. The molecule has 2 atom stereocenters. The third-order valence-electron chi connectivity index (χ3n) is 7.75. The van der Waals surface area contributed by atoms with Crippen molar-refractivity contribution in [2.45, 2.75) is 63.9 Å². The fourth-order valence-corrected chi connectivity index (χ4v) is 5.20. The fraction of sp³-hybridized carbons (Fsp3) is 0.500. The van der Waals surface area contributed by atoms with Crippen LogP contribution in [0.1, 0.15) is 51.7 Å². The minimum Gasteiger partial charge on any atom is -0.399 e. The van der Waals surface area contributed by atoms with Crippen LogP contribution in [0.3, 0.4) is 0 Å². The molecule has 0 spiro atoms. The molecule has 0 aromatic heterocycles. The smallest absolute Gasteiger partial charge is 0.399 e. The number of aliphatic hydroxyl groups excluding tert-OH is 2. The van der Waals surface area contributed by atoms with Crippen molar-refractivity contribution in [1.29, 1.82) is 10.5 Å². The molecule has 5 rings (SSSR count). The van der Waals surface area contributed by atoms with E-state index in [0.29, 0.717) is 24.2 Å². The first-order valence-corrected chi connectivity index (χ1v) is 13.7. The molecule has 3 fully saturated rings. The summed E-state index contributed by atoms with van der Waals surface area (Å²) < 4.78 is 13.0. The first kappa shape index (κ1) is 28.4. The average molecular weight is 581 g/mol. The van der Waals surface area contributed by atoms with Crippen molar-refractivity contribution in [3.05, 3.63) is 52.0 Å². The Kier molecular flexibility index (Phi) is 8.42. The van der Waals surface area contributed by atoms with Gasteiger partial charge in [0.1, 0.15) is 12.1 Å². The Morgan fingerprint density at radius 3 is 1.76 bits per heavy atom. The second-order valence-electron chi connectivity index (χ2n) is 11.0. The van der Waals surface area contributed by atoms with Crippen molar-refractivity contribution in [2.24, 2.45) is 0 Å². The molecule has 2 unspecified atom stereocenters. The maximum atomic E-state index is 9.70. The number of benzene rings is 2. The third kappa shape index (κ3) is 6.01. The first-order valence-electron chi connectivity index (χ1n) is 12.9. The molecule has 0 saturated carbocycles.